The molecule has 0 spiro atoms. The lowest BCUT2D eigenvalue weighted by atomic mass is 10.0. The molecule has 6 nitrogen and oxygen atoms in total. The predicted octanol–water partition coefficient (Wildman–Crippen LogP) is 4.41. The van der Waals surface area contributed by atoms with Gasteiger partial charge in [0.05, 0.1) is 18.8 Å². The van der Waals surface area contributed by atoms with Crippen molar-refractivity contribution in [2.24, 2.45) is 0 Å². The van der Waals surface area contributed by atoms with E-state index in [1.165, 1.54) is 19.2 Å². The molecule has 0 aliphatic carbocycles. The Labute approximate surface area is 185 Å². The maximum absolute atomic E-state index is 13.3. The molecule has 2 unspecified atom stereocenters. The lowest BCUT2D eigenvalue weighted by Gasteiger charge is -2.25. The molecule has 0 amide bonds. The average molecular weight is 440 g/mol. The van der Waals surface area contributed by atoms with Gasteiger partial charge in [0.1, 0.15) is 23.4 Å². The van der Waals surface area contributed by atoms with Crippen LogP contribution in [-0.2, 0) is 9.53 Å². The largest absolute Gasteiger partial charge is 0.469 e. The van der Waals surface area contributed by atoms with E-state index in [9.17, 15) is 9.18 Å². The van der Waals surface area contributed by atoms with Crippen molar-refractivity contribution >= 4 is 23.3 Å². The molecule has 0 saturated carbocycles. The van der Waals surface area contributed by atoms with Crippen LogP contribution in [0.3, 0.4) is 0 Å². The Balaban J connectivity index is 1.64. The highest BCUT2D eigenvalue weighted by atomic mass is 32.1. The van der Waals surface area contributed by atoms with E-state index < -0.39 is 0 Å². The fraction of sp³-hybridized carbons (Fsp3) is 0.261. The van der Waals surface area contributed by atoms with Gasteiger partial charge in [-0.15, -0.1) is 0 Å². The van der Waals surface area contributed by atoms with Crippen LogP contribution in [-0.4, -0.2) is 34.6 Å². The minimum absolute atomic E-state index is 0.209. The molecule has 1 aromatic carbocycles. The number of aromatic nitrogens is 1. The van der Waals surface area contributed by atoms with Gasteiger partial charge in [-0.05, 0) is 67.2 Å². The van der Waals surface area contributed by atoms with Crippen molar-refractivity contribution in [1.82, 2.24) is 15.2 Å². The van der Waals surface area contributed by atoms with Crippen LogP contribution >= 0.6 is 12.2 Å². The Bertz CT molecular complexity index is 1060. The molecule has 1 saturated heterocycles. The molecule has 31 heavy (non-hydrogen) atoms. The number of ether oxygens (including phenoxy) is 1. The molecule has 0 radical (unpaired) electrons. The number of carbonyl (C=O) groups is 1. The summed E-state index contributed by atoms with van der Waals surface area (Å²) in [5, 5.41) is 3.92. The molecule has 3 heterocycles. The van der Waals surface area contributed by atoms with Gasteiger partial charge in [0.15, 0.2) is 5.11 Å². The molecule has 1 fully saturated rings. The molecular weight excluding hydrogens is 417 g/mol. The highest BCUT2D eigenvalue weighted by Crippen LogP contribution is 2.40. The Morgan fingerprint density at radius 1 is 1.23 bits per heavy atom. The lowest BCUT2D eigenvalue weighted by molar-refractivity contribution is -0.140. The molecular formula is C23H22FN3O3S. The van der Waals surface area contributed by atoms with Crippen LogP contribution in [0.25, 0.3) is 11.3 Å². The number of nitrogens with zero attached hydrogens (tertiary/aromatic N) is 2. The summed E-state index contributed by atoms with van der Waals surface area (Å²) in [4.78, 5) is 18.1. The number of carbonyl (C=O) groups excluding carboxylic acids is 1. The summed E-state index contributed by atoms with van der Waals surface area (Å²) < 4.78 is 24.2. The predicted molar refractivity (Wildman–Crippen MR) is 118 cm³/mol. The van der Waals surface area contributed by atoms with Crippen LogP contribution in [0.2, 0.25) is 0 Å². The number of methoxy groups -OCH3 is 1. The number of pyridine rings is 1. The molecule has 1 N–H and O–H groups in total. The standard InChI is InChI=1S/C23H22FN3O3S/c1-29-20(28)6-4-14-27-22(21(26-23(27)31)17-5-2-3-13-25-17)19-12-11-18(30-19)15-7-9-16(24)10-8-15/h2-3,5,7-13,21-22H,4,6,14H2,1H3,(H,26,31). The quantitative estimate of drug-likeness (QED) is 0.432. The Morgan fingerprint density at radius 2 is 2.03 bits per heavy atom. The van der Waals surface area contributed by atoms with Crippen molar-refractivity contribution in [1.29, 1.82) is 0 Å². The van der Waals surface area contributed by atoms with E-state index in [4.69, 9.17) is 21.4 Å². The first-order chi connectivity index (χ1) is 15.1. The van der Waals surface area contributed by atoms with Crippen LogP contribution in [0, 0.1) is 5.82 Å². The third-order valence-corrected chi connectivity index (χ3v) is 5.60. The summed E-state index contributed by atoms with van der Waals surface area (Å²) in [5.41, 5.74) is 1.62. The summed E-state index contributed by atoms with van der Waals surface area (Å²) in [6.07, 6.45) is 2.63. The number of esters is 1. The topological polar surface area (TPSA) is 67.6 Å². The first-order valence-corrected chi connectivity index (χ1v) is 10.4. The maximum atomic E-state index is 13.3. The van der Waals surface area contributed by atoms with Crippen LogP contribution in [0.1, 0.15) is 36.4 Å². The minimum Gasteiger partial charge on any atom is -0.469 e. The SMILES string of the molecule is COC(=O)CCCN1C(=S)NC(c2ccccn2)C1c1ccc(-c2ccc(F)cc2)o1. The van der Waals surface area contributed by atoms with E-state index >= 15 is 0 Å². The summed E-state index contributed by atoms with van der Waals surface area (Å²) in [6, 6.07) is 15.2. The number of furan rings is 1. The van der Waals surface area contributed by atoms with Gasteiger partial charge in [-0.25, -0.2) is 4.39 Å². The molecule has 8 heteroatoms. The van der Waals surface area contributed by atoms with Crippen LogP contribution in [0.15, 0.2) is 65.2 Å². The van der Waals surface area contributed by atoms with Crippen LogP contribution in [0.5, 0.6) is 0 Å². The van der Waals surface area contributed by atoms with Gasteiger partial charge in [0, 0.05) is 24.7 Å². The Morgan fingerprint density at radius 3 is 2.74 bits per heavy atom. The summed E-state index contributed by atoms with van der Waals surface area (Å²) in [5.74, 6) is 0.794. The van der Waals surface area contributed by atoms with E-state index in [0.29, 0.717) is 36.0 Å². The normalized spacial score (nSPS) is 18.1. The van der Waals surface area contributed by atoms with Crippen molar-refractivity contribution in [2.75, 3.05) is 13.7 Å². The van der Waals surface area contributed by atoms with Crippen molar-refractivity contribution < 1.29 is 18.3 Å². The number of hydrogen-bond donors (Lipinski definition) is 1. The van der Waals surface area contributed by atoms with Gasteiger partial charge < -0.3 is 19.4 Å². The van der Waals surface area contributed by atoms with Gasteiger partial charge in [-0.1, -0.05) is 6.07 Å². The minimum atomic E-state index is -0.298. The van der Waals surface area contributed by atoms with Gasteiger partial charge in [0.2, 0.25) is 0 Å². The van der Waals surface area contributed by atoms with E-state index in [2.05, 4.69) is 10.3 Å². The zero-order valence-corrected chi connectivity index (χ0v) is 17.8. The molecule has 2 aromatic heterocycles. The highest BCUT2D eigenvalue weighted by molar-refractivity contribution is 7.80. The van der Waals surface area contributed by atoms with E-state index in [1.54, 1.807) is 18.3 Å². The highest BCUT2D eigenvalue weighted by Gasteiger charge is 2.41. The van der Waals surface area contributed by atoms with Crippen molar-refractivity contribution in [3.8, 4) is 11.3 Å². The molecule has 1 aliphatic heterocycles. The third kappa shape index (κ3) is 4.59. The summed E-state index contributed by atoms with van der Waals surface area (Å²) in [6.45, 7) is 0.557. The lowest BCUT2D eigenvalue weighted by Crippen LogP contribution is -2.30. The van der Waals surface area contributed by atoms with E-state index in [1.807, 2.05) is 35.2 Å². The number of hydrogen-bond acceptors (Lipinski definition) is 5. The smallest absolute Gasteiger partial charge is 0.305 e. The van der Waals surface area contributed by atoms with Gasteiger partial charge in [0.25, 0.3) is 0 Å². The van der Waals surface area contributed by atoms with Crippen LogP contribution in [0.4, 0.5) is 4.39 Å². The molecule has 2 atom stereocenters. The zero-order valence-electron chi connectivity index (χ0n) is 17.0. The molecule has 1 aliphatic rings. The second-order valence-corrected chi connectivity index (χ2v) is 7.60. The first kappa shape index (κ1) is 21.0. The second kappa shape index (κ2) is 9.26. The average Bonchev–Trinajstić information content (AvgIpc) is 3.39. The molecule has 3 aromatic rings. The Kier molecular flexibility index (Phi) is 6.27. The van der Waals surface area contributed by atoms with E-state index in [-0.39, 0.29) is 23.9 Å². The van der Waals surface area contributed by atoms with Gasteiger partial charge in [-0.3, -0.25) is 9.78 Å². The Hall–Kier alpha value is -3.26. The van der Waals surface area contributed by atoms with E-state index in [0.717, 1.165) is 11.3 Å². The van der Waals surface area contributed by atoms with Crippen LogP contribution < -0.4 is 5.32 Å². The summed E-state index contributed by atoms with van der Waals surface area (Å²) >= 11 is 5.60. The number of nitrogens with one attached hydrogen (secondary N) is 1. The van der Waals surface area contributed by atoms with Gasteiger partial charge >= 0.3 is 5.97 Å². The fourth-order valence-electron chi connectivity index (χ4n) is 3.73. The monoisotopic (exact) mass is 439 g/mol. The fourth-order valence-corrected chi connectivity index (χ4v) is 4.06. The number of benzene rings is 1. The number of thiocarbonyl (C=S) groups is 1. The van der Waals surface area contributed by atoms with Crippen molar-refractivity contribution in [2.45, 2.75) is 24.9 Å². The van der Waals surface area contributed by atoms with Crippen molar-refractivity contribution in [3.05, 3.63) is 78.1 Å². The molecule has 0 bridgehead atoms. The molecule has 160 valence electrons. The van der Waals surface area contributed by atoms with Crippen molar-refractivity contribution in [3.63, 3.8) is 0 Å². The molecule has 4 rings (SSSR count). The summed E-state index contributed by atoms with van der Waals surface area (Å²) in [7, 11) is 1.38. The third-order valence-electron chi connectivity index (χ3n) is 5.25. The second-order valence-electron chi connectivity index (χ2n) is 7.21. The first-order valence-electron chi connectivity index (χ1n) is 9.97. The number of rotatable bonds is 7. The number of halogens is 1. The van der Waals surface area contributed by atoms with Gasteiger partial charge in [-0.2, -0.15) is 0 Å². The zero-order chi connectivity index (χ0) is 21.8. The maximum Gasteiger partial charge on any atom is 0.305 e.